The summed E-state index contributed by atoms with van der Waals surface area (Å²) in [6, 6.07) is 0.358. The molecule has 1 aliphatic carbocycles. The summed E-state index contributed by atoms with van der Waals surface area (Å²) in [4.78, 5) is 28.4. The minimum atomic E-state index is 0. The Morgan fingerprint density at radius 2 is 1.77 bits per heavy atom. The molecular formula is C18H36Cl2N4O2. The lowest BCUT2D eigenvalue weighted by Gasteiger charge is -2.35. The minimum absolute atomic E-state index is 0. The lowest BCUT2D eigenvalue weighted by molar-refractivity contribution is -0.133. The van der Waals surface area contributed by atoms with Crippen LogP contribution in [0.4, 0.5) is 0 Å². The number of rotatable bonds is 7. The van der Waals surface area contributed by atoms with Gasteiger partial charge in [0.15, 0.2) is 0 Å². The predicted octanol–water partition coefficient (Wildman–Crippen LogP) is 1.67. The van der Waals surface area contributed by atoms with Gasteiger partial charge in [-0.3, -0.25) is 14.5 Å². The Bertz CT molecular complexity index is 418. The number of nitrogens with zero attached hydrogens (tertiary/aromatic N) is 2. The molecule has 1 heterocycles. The molecule has 2 N–H and O–H groups in total. The van der Waals surface area contributed by atoms with Crippen molar-refractivity contribution in [1.82, 2.24) is 20.4 Å². The van der Waals surface area contributed by atoms with Gasteiger partial charge in [0.25, 0.3) is 0 Å². The molecule has 8 heteroatoms. The zero-order valence-corrected chi connectivity index (χ0v) is 17.8. The maximum atomic E-state index is 12.2. The summed E-state index contributed by atoms with van der Waals surface area (Å²) in [6.07, 6.45) is 6.24. The van der Waals surface area contributed by atoms with Crippen LogP contribution in [0.15, 0.2) is 0 Å². The third-order valence-corrected chi connectivity index (χ3v) is 5.21. The summed E-state index contributed by atoms with van der Waals surface area (Å²) in [5.41, 5.74) is 0. The van der Waals surface area contributed by atoms with E-state index in [1.165, 1.54) is 12.8 Å². The lowest BCUT2D eigenvalue weighted by atomic mass is 9.87. The van der Waals surface area contributed by atoms with Crippen molar-refractivity contribution in [2.45, 2.75) is 51.5 Å². The topological polar surface area (TPSA) is 64.7 Å². The monoisotopic (exact) mass is 410 g/mol. The summed E-state index contributed by atoms with van der Waals surface area (Å²) in [5.74, 6) is 1.11. The van der Waals surface area contributed by atoms with Gasteiger partial charge in [0, 0.05) is 38.6 Å². The van der Waals surface area contributed by atoms with E-state index in [0.29, 0.717) is 19.0 Å². The van der Waals surface area contributed by atoms with Crippen LogP contribution in [0.25, 0.3) is 0 Å². The Balaban J connectivity index is 0.00000312. The highest BCUT2D eigenvalue weighted by Crippen LogP contribution is 2.23. The fraction of sp³-hybridized carbons (Fsp3) is 0.889. The number of hydrogen-bond donors (Lipinski definition) is 2. The van der Waals surface area contributed by atoms with Gasteiger partial charge >= 0.3 is 0 Å². The molecule has 0 spiro atoms. The third kappa shape index (κ3) is 8.89. The first-order valence-corrected chi connectivity index (χ1v) is 9.52. The number of nitrogens with one attached hydrogen (secondary N) is 2. The van der Waals surface area contributed by atoms with Crippen molar-refractivity contribution in [3.05, 3.63) is 0 Å². The van der Waals surface area contributed by atoms with E-state index in [9.17, 15) is 9.59 Å². The van der Waals surface area contributed by atoms with E-state index in [2.05, 4.69) is 22.5 Å². The maximum Gasteiger partial charge on any atom is 0.234 e. The highest BCUT2D eigenvalue weighted by Gasteiger charge is 2.24. The van der Waals surface area contributed by atoms with Gasteiger partial charge in [0.05, 0.1) is 6.54 Å². The van der Waals surface area contributed by atoms with Crippen molar-refractivity contribution >= 4 is 36.6 Å². The summed E-state index contributed by atoms with van der Waals surface area (Å²) in [5, 5.41) is 6.26. The first kappa shape index (κ1) is 25.4. The maximum absolute atomic E-state index is 12.2. The van der Waals surface area contributed by atoms with Crippen LogP contribution >= 0.6 is 24.8 Å². The molecule has 26 heavy (non-hydrogen) atoms. The van der Waals surface area contributed by atoms with E-state index in [1.807, 2.05) is 11.9 Å². The van der Waals surface area contributed by atoms with Gasteiger partial charge in [-0.25, -0.2) is 0 Å². The standard InChI is InChI=1S/C18H34N4O2.2ClH/c1-15-5-3-6-16(13-15)20-17(23)14-21-9-11-22(12-10-21)18(24)7-4-8-19-2;;/h15-16,19H,3-14H2,1-2H3,(H,20,23);2*1H. The normalized spacial score (nSPS) is 23.5. The molecule has 2 rings (SSSR count). The van der Waals surface area contributed by atoms with Gasteiger partial charge in [0.1, 0.15) is 0 Å². The molecule has 154 valence electrons. The molecule has 1 aliphatic heterocycles. The smallest absolute Gasteiger partial charge is 0.234 e. The Morgan fingerprint density at radius 1 is 1.08 bits per heavy atom. The molecule has 2 unspecified atom stereocenters. The summed E-state index contributed by atoms with van der Waals surface area (Å²) >= 11 is 0. The number of amides is 2. The zero-order chi connectivity index (χ0) is 17.4. The van der Waals surface area contributed by atoms with Gasteiger partial charge < -0.3 is 15.5 Å². The molecule has 2 amide bonds. The van der Waals surface area contributed by atoms with E-state index in [-0.39, 0.29) is 36.6 Å². The predicted molar refractivity (Wildman–Crippen MR) is 110 cm³/mol. The van der Waals surface area contributed by atoms with Crippen molar-refractivity contribution < 1.29 is 9.59 Å². The van der Waals surface area contributed by atoms with Crippen LogP contribution in [0.2, 0.25) is 0 Å². The molecule has 1 saturated carbocycles. The zero-order valence-electron chi connectivity index (χ0n) is 16.2. The highest BCUT2D eigenvalue weighted by molar-refractivity contribution is 5.85. The average molecular weight is 411 g/mol. The summed E-state index contributed by atoms with van der Waals surface area (Å²) in [7, 11) is 1.91. The van der Waals surface area contributed by atoms with E-state index in [1.54, 1.807) is 0 Å². The van der Waals surface area contributed by atoms with Gasteiger partial charge in [-0.1, -0.05) is 19.8 Å². The molecule has 0 aromatic rings. The van der Waals surface area contributed by atoms with Crippen molar-refractivity contribution in [3.63, 3.8) is 0 Å². The Morgan fingerprint density at radius 3 is 2.38 bits per heavy atom. The van der Waals surface area contributed by atoms with Crippen LogP contribution in [0.1, 0.15) is 45.4 Å². The lowest BCUT2D eigenvalue weighted by Crippen LogP contribution is -2.52. The fourth-order valence-corrected chi connectivity index (χ4v) is 3.77. The number of halogens is 2. The molecule has 2 atom stereocenters. The first-order chi connectivity index (χ1) is 11.6. The largest absolute Gasteiger partial charge is 0.352 e. The second-order valence-corrected chi connectivity index (χ2v) is 7.40. The molecule has 0 radical (unpaired) electrons. The molecule has 0 aromatic carbocycles. The molecule has 0 bridgehead atoms. The number of hydrogen-bond acceptors (Lipinski definition) is 4. The second-order valence-electron chi connectivity index (χ2n) is 7.40. The SMILES string of the molecule is CNCCCC(=O)N1CCN(CC(=O)NC2CCCC(C)C2)CC1.Cl.Cl. The molecule has 0 aromatic heterocycles. The molecular weight excluding hydrogens is 375 g/mol. The minimum Gasteiger partial charge on any atom is -0.352 e. The number of carbonyl (C=O) groups is 2. The van der Waals surface area contributed by atoms with Crippen LogP contribution in [-0.2, 0) is 9.59 Å². The van der Waals surface area contributed by atoms with Crippen molar-refractivity contribution in [3.8, 4) is 0 Å². The molecule has 1 saturated heterocycles. The summed E-state index contributed by atoms with van der Waals surface area (Å²) < 4.78 is 0. The van der Waals surface area contributed by atoms with Gasteiger partial charge in [-0.15, -0.1) is 24.8 Å². The van der Waals surface area contributed by atoms with Crippen molar-refractivity contribution in [2.75, 3.05) is 46.3 Å². The van der Waals surface area contributed by atoms with Crippen LogP contribution in [0, 0.1) is 5.92 Å². The quantitative estimate of drug-likeness (QED) is 0.626. The first-order valence-electron chi connectivity index (χ1n) is 9.52. The van der Waals surface area contributed by atoms with E-state index in [4.69, 9.17) is 0 Å². The Hall–Kier alpha value is -0.560. The average Bonchev–Trinajstić information content (AvgIpc) is 2.55. The van der Waals surface area contributed by atoms with Crippen molar-refractivity contribution in [2.24, 2.45) is 5.92 Å². The van der Waals surface area contributed by atoms with Crippen molar-refractivity contribution in [1.29, 1.82) is 0 Å². The van der Waals surface area contributed by atoms with E-state index in [0.717, 1.165) is 57.9 Å². The van der Waals surface area contributed by atoms with Crippen LogP contribution in [0.3, 0.4) is 0 Å². The fourth-order valence-electron chi connectivity index (χ4n) is 3.77. The van der Waals surface area contributed by atoms with Gasteiger partial charge in [-0.2, -0.15) is 0 Å². The van der Waals surface area contributed by atoms with Gasteiger partial charge in [0.2, 0.25) is 11.8 Å². The number of carbonyl (C=O) groups excluding carboxylic acids is 2. The van der Waals surface area contributed by atoms with E-state index >= 15 is 0 Å². The molecule has 6 nitrogen and oxygen atoms in total. The second kappa shape index (κ2) is 13.6. The molecule has 2 fully saturated rings. The van der Waals surface area contributed by atoms with E-state index < -0.39 is 0 Å². The third-order valence-electron chi connectivity index (χ3n) is 5.21. The molecule has 2 aliphatic rings. The van der Waals surface area contributed by atoms with Gasteiger partial charge in [-0.05, 0) is 38.8 Å². The number of piperazine rings is 1. The van der Waals surface area contributed by atoms with Crippen LogP contribution in [-0.4, -0.2) is 74.0 Å². The summed E-state index contributed by atoms with van der Waals surface area (Å²) in [6.45, 7) is 6.69. The van der Waals surface area contributed by atoms with Crippen LogP contribution in [0.5, 0.6) is 0 Å². The Kier molecular flexibility index (Phi) is 13.3. The Labute approximate surface area is 170 Å². The van der Waals surface area contributed by atoms with Crippen LogP contribution < -0.4 is 10.6 Å². The highest BCUT2D eigenvalue weighted by atomic mass is 35.5.